The summed E-state index contributed by atoms with van der Waals surface area (Å²) >= 11 is 0. The SMILES string of the molecule is CCCNCc1cc(CNC2CC2)ccn1. The molecule has 1 heterocycles. The van der Waals surface area contributed by atoms with Crippen molar-refractivity contribution in [3.05, 3.63) is 29.6 Å². The Kier molecular flexibility index (Phi) is 4.31. The Morgan fingerprint density at radius 3 is 3.00 bits per heavy atom. The van der Waals surface area contributed by atoms with E-state index in [1.807, 2.05) is 6.20 Å². The minimum Gasteiger partial charge on any atom is -0.311 e. The Balaban J connectivity index is 1.80. The van der Waals surface area contributed by atoms with Crippen LogP contribution in [0.3, 0.4) is 0 Å². The molecule has 0 aromatic carbocycles. The van der Waals surface area contributed by atoms with E-state index in [0.717, 1.165) is 31.4 Å². The van der Waals surface area contributed by atoms with Crippen LogP contribution in [-0.4, -0.2) is 17.6 Å². The Bertz CT molecular complexity index is 321. The summed E-state index contributed by atoms with van der Waals surface area (Å²) in [4.78, 5) is 4.36. The van der Waals surface area contributed by atoms with E-state index in [9.17, 15) is 0 Å². The molecule has 1 aromatic rings. The maximum absolute atomic E-state index is 4.36. The number of rotatable bonds is 7. The van der Waals surface area contributed by atoms with Crippen molar-refractivity contribution in [3.63, 3.8) is 0 Å². The summed E-state index contributed by atoms with van der Waals surface area (Å²) in [5, 5.41) is 6.89. The lowest BCUT2D eigenvalue weighted by atomic mass is 10.2. The van der Waals surface area contributed by atoms with Crippen molar-refractivity contribution < 1.29 is 0 Å². The molecule has 2 N–H and O–H groups in total. The second kappa shape index (κ2) is 5.97. The van der Waals surface area contributed by atoms with Gasteiger partial charge in [0, 0.05) is 25.3 Å². The summed E-state index contributed by atoms with van der Waals surface area (Å²) in [5.74, 6) is 0. The molecule has 3 nitrogen and oxygen atoms in total. The molecule has 1 aliphatic rings. The van der Waals surface area contributed by atoms with E-state index in [1.165, 1.54) is 24.8 Å². The predicted molar refractivity (Wildman–Crippen MR) is 66.1 cm³/mol. The first-order chi connectivity index (χ1) is 7.88. The van der Waals surface area contributed by atoms with Gasteiger partial charge in [0.2, 0.25) is 0 Å². The monoisotopic (exact) mass is 219 g/mol. The second-order valence-corrected chi connectivity index (χ2v) is 4.49. The van der Waals surface area contributed by atoms with Gasteiger partial charge in [-0.1, -0.05) is 6.92 Å². The van der Waals surface area contributed by atoms with Gasteiger partial charge < -0.3 is 10.6 Å². The largest absolute Gasteiger partial charge is 0.311 e. The molecular weight excluding hydrogens is 198 g/mol. The molecule has 1 aliphatic carbocycles. The van der Waals surface area contributed by atoms with E-state index in [2.05, 4.69) is 34.7 Å². The molecule has 0 saturated heterocycles. The highest BCUT2D eigenvalue weighted by Gasteiger charge is 2.19. The standard InChI is InChI=1S/C13H21N3/c1-2-6-14-10-13-8-11(5-7-15-13)9-16-12-3-4-12/h5,7-8,12,14,16H,2-4,6,9-10H2,1H3. The van der Waals surface area contributed by atoms with Crippen LogP contribution in [0.25, 0.3) is 0 Å². The molecule has 1 fully saturated rings. The fourth-order valence-electron chi connectivity index (χ4n) is 1.68. The van der Waals surface area contributed by atoms with Crippen molar-refractivity contribution in [2.45, 2.75) is 45.3 Å². The number of hydrogen-bond acceptors (Lipinski definition) is 3. The molecule has 0 atom stereocenters. The molecule has 16 heavy (non-hydrogen) atoms. The number of pyridine rings is 1. The smallest absolute Gasteiger partial charge is 0.0544 e. The van der Waals surface area contributed by atoms with Gasteiger partial charge in [0.15, 0.2) is 0 Å². The van der Waals surface area contributed by atoms with Gasteiger partial charge in [-0.15, -0.1) is 0 Å². The van der Waals surface area contributed by atoms with E-state index in [4.69, 9.17) is 0 Å². The number of hydrogen-bond donors (Lipinski definition) is 2. The minimum atomic E-state index is 0.773. The zero-order chi connectivity index (χ0) is 11.2. The maximum atomic E-state index is 4.36. The van der Waals surface area contributed by atoms with Gasteiger partial charge in [0.05, 0.1) is 5.69 Å². The van der Waals surface area contributed by atoms with Gasteiger partial charge in [-0.2, -0.15) is 0 Å². The number of aromatic nitrogens is 1. The zero-order valence-electron chi connectivity index (χ0n) is 10.00. The van der Waals surface area contributed by atoms with Crippen LogP contribution in [0.5, 0.6) is 0 Å². The Morgan fingerprint density at radius 1 is 1.38 bits per heavy atom. The third kappa shape index (κ3) is 3.91. The summed E-state index contributed by atoms with van der Waals surface area (Å²) in [6.07, 6.45) is 5.77. The molecule has 0 amide bonds. The normalized spacial score (nSPS) is 15.3. The molecular formula is C13H21N3. The van der Waals surface area contributed by atoms with Crippen LogP contribution in [-0.2, 0) is 13.1 Å². The first kappa shape index (κ1) is 11.6. The molecule has 1 aromatic heterocycles. The molecule has 2 rings (SSSR count). The van der Waals surface area contributed by atoms with Crippen molar-refractivity contribution in [1.29, 1.82) is 0 Å². The first-order valence-corrected chi connectivity index (χ1v) is 6.26. The molecule has 0 bridgehead atoms. The Hall–Kier alpha value is -0.930. The molecule has 3 heteroatoms. The van der Waals surface area contributed by atoms with Gasteiger partial charge in [-0.3, -0.25) is 4.98 Å². The molecule has 0 spiro atoms. The summed E-state index contributed by atoms with van der Waals surface area (Å²) in [6, 6.07) is 5.06. The van der Waals surface area contributed by atoms with Crippen LogP contribution >= 0.6 is 0 Å². The second-order valence-electron chi connectivity index (χ2n) is 4.49. The van der Waals surface area contributed by atoms with Crippen molar-refractivity contribution in [3.8, 4) is 0 Å². The van der Waals surface area contributed by atoms with Crippen LogP contribution in [0.15, 0.2) is 18.3 Å². The van der Waals surface area contributed by atoms with E-state index >= 15 is 0 Å². The fourth-order valence-corrected chi connectivity index (χ4v) is 1.68. The molecule has 0 unspecified atom stereocenters. The number of nitrogens with zero attached hydrogens (tertiary/aromatic N) is 1. The lowest BCUT2D eigenvalue weighted by molar-refractivity contribution is 0.658. The van der Waals surface area contributed by atoms with Gasteiger partial charge in [0.25, 0.3) is 0 Å². The van der Waals surface area contributed by atoms with Gasteiger partial charge in [0.1, 0.15) is 0 Å². The zero-order valence-corrected chi connectivity index (χ0v) is 10.00. The van der Waals surface area contributed by atoms with Crippen LogP contribution < -0.4 is 10.6 Å². The van der Waals surface area contributed by atoms with E-state index in [1.54, 1.807) is 0 Å². The minimum absolute atomic E-state index is 0.773. The first-order valence-electron chi connectivity index (χ1n) is 6.26. The van der Waals surface area contributed by atoms with Crippen molar-refractivity contribution in [2.24, 2.45) is 0 Å². The molecule has 88 valence electrons. The quantitative estimate of drug-likeness (QED) is 0.687. The highest BCUT2D eigenvalue weighted by Crippen LogP contribution is 2.19. The average Bonchev–Trinajstić information content (AvgIpc) is 3.11. The number of nitrogens with one attached hydrogen (secondary N) is 2. The summed E-state index contributed by atoms with van der Waals surface area (Å²) < 4.78 is 0. The van der Waals surface area contributed by atoms with E-state index < -0.39 is 0 Å². The Morgan fingerprint density at radius 2 is 2.25 bits per heavy atom. The van der Waals surface area contributed by atoms with E-state index in [-0.39, 0.29) is 0 Å². The van der Waals surface area contributed by atoms with Crippen LogP contribution in [0.1, 0.15) is 37.4 Å². The maximum Gasteiger partial charge on any atom is 0.0544 e. The van der Waals surface area contributed by atoms with Crippen molar-refractivity contribution in [1.82, 2.24) is 15.6 Å². The Labute approximate surface area is 97.7 Å². The highest BCUT2D eigenvalue weighted by molar-refractivity contribution is 5.16. The summed E-state index contributed by atoms with van der Waals surface area (Å²) in [6.45, 7) is 5.10. The van der Waals surface area contributed by atoms with Crippen molar-refractivity contribution in [2.75, 3.05) is 6.54 Å². The predicted octanol–water partition coefficient (Wildman–Crippen LogP) is 1.83. The summed E-state index contributed by atoms with van der Waals surface area (Å²) in [5.41, 5.74) is 2.48. The van der Waals surface area contributed by atoms with Gasteiger partial charge in [-0.05, 0) is 43.5 Å². The topological polar surface area (TPSA) is 37.0 Å². The third-order valence-corrected chi connectivity index (χ3v) is 2.79. The van der Waals surface area contributed by atoms with Gasteiger partial charge >= 0.3 is 0 Å². The average molecular weight is 219 g/mol. The lowest BCUT2D eigenvalue weighted by Crippen LogP contribution is -2.17. The fraction of sp³-hybridized carbons (Fsp3) is 0.615. The van der Waals surface area contributed by atoms with Crippen LogP contribution in [0.4, 0.5) is 0 Å². The third-order valence-electron chi connectivity index (χ3n) is 2.79. The van der Waals surface area contributed by atoms with Gasteiger partial charge in [-0.25, -0.2) is 0 Å². The molecule has 0 radical (unpaired) electrons. The van der Waals surface area contributed by atoms with Crippen LogP contribution in [0, 0.1) is 0 Å². The van der Waals surface area contributed by atoms with E-state index in [0.29, 0.717) is 0 Å². The molecule has 0 aliphatic heterocycles. The lowest BCUT2D eigenvalue weighted by Gasteiger charge is -2.06. The summed E-state index contributed by atoms with van der Waals surface area (Å²) in [7, 11) is 0. The molecule has 1 saturated carbocycles. The highest BCUT2D eigenvalue weighted by atomic mass is 14.9. The van der Waals surface area contributed by atoms with Crippen molar-refractivity contribution >= 4 is 0 Å². The van der Waals surface area contributed by atoms with Crippen LogP contribution in [0.2, 0.25) is 0 Å².